The van der Waals surface area contributed by atoms with Crippen LogP contribution in [0, 0.1) is 5.82 Å². The number of benzene rings is 2. The average Bonchev–Trinajstić information content (AvgIpc) is 2.37. The molecule has 20 heavy (non-hydrogen) atoms. The van der Waals surface area contributed by atoms with E-state index in [1.807, 2.05) is 0 Å². The van der Waals surface area contributed by atoms with Crippen molar-refractivity contribution in [1.82, 2.24) is 0 Å². The molecule has 0 amide bonds. The average molecular weight is 334 g/mol. The second-order valence-corrected chi connectivity index (χ2v) is 6.93. The molecular weight excluding hydrogens is 324 g/mol. The number of hydrogen-bond donors (Lipinski definition) is 1. The second-order valence-electron chi connectivity index (χ2n) is 4.16. The molecule has 106 valence electrons. The van der Waals surface area contributed by atoms with Crippen molar-refractivity contribution in [3.05, 3.63) is 57.8 Å². The highest BCUT2D eigenvalue weighted by Gasteiger charge is 2.21. The van der Waals surface area contributed by atoms with E-state index in [1.165, 1.54) is 36.4 Å². The SMILES string of the molecule is Nc1ccc(Cl)c(S(=O)(=O)Cc2cccc(Cl)c2F)c1. The van der Waals surface area contributed by atoms with Crippen LogP contribution in [0.3, 0.4) is 0 Å². The van der Waals surface area contributed by atoms with Gasteiger partial charge in [0.1, 0.15) is 5.82 Å². The summed E-state index contributed by atoms with van der Waals surface area (Å²) in [6, 6.07) is 8.32. The largest absolute Gasteiger partial charge is 0.399 e. The molecule has 0 aliphatic carbocycles. The van der Waals surface area contributed by atoms with Crippen LogP contribution in [0.5, 0.6) is 0 Å². The summed E-state index contributed by atoms with van der Waals surface area (Å²) in [5, 5.41) is -0.0852. The van der Waals surface area contributed by atoms with Crippen molar-refractivity contribution < 1.29 is 12.8 Å². The summed E-state index contributed by atoms with van der Waals surface area (Å²) in [7, 11) is -3.82. The molecule has 0 fully saturated rings. The first-order valence-corrected chi connectivity index (χ1v) is 7.93. The van der Waals surface area contributed by atoms with Crippen molar-refractivity contribution in [2.75, 3.05) is 5.73 Å². The van der Waals surface area contributed by atoms with Gasteiger partial charge in [-0.1, -0.05) is 35.3 Å². The molecule has 0 bridgehead atoms. The third kappa shape index (κ3) is 3.06. The van der Waals surface area contributed by atoms with Crippen LogP contribution in [0.4, 0.5) is 10.1 Å². The molecular formula is C13H10Cl2FNO2S. The fourth-order valence-electron chi connectivity index (χ4n) is 1.70. The molecule has 0 unspecified atom stereocenters. The third-order valence-corrected chi connectivity index (χ3v) is 5.10. The number of nitrogens with two attached hydrogens (primary N) is 1. The summed E-state index contributed by atoms with van der Waals surface area (Å²) < 4.78 is 38.4. The monoisotopic (exact) mass is 333 g/mol. The van der Waals surface area contributed by atoms with E-state index in [1.54, 1.807) is 0 Å². The van der Waals surface area contributed by atoms with Gasteiger partial charge in [-0.05, 0) is 24.3 Å². The Labute approximate surface area is 126 Å². The topological polar surface area (TPSA) is 60.2 Å². The van der Waals surface area contributed by atoms with Gasteiger partial charge in [0.25, 0.3) is 0 Å². The van der Waals surface area contributed by atoms with Crippen molar-refractivity contribution in [2.45, 2.75) is 10.6 Å². The van der Waals surface area contributed by atoms with Crippen molar-refractivity contribution in [2.24, 2.45) is 0 Å². The van der Waals surface area contributed by atoms with E-state index in [-0.39, 0.29) is 26.2 Å². The van der Waals surface area contributed by atoms with Gasteiger partial charge >= 0.3 is 0 Å². The normalized spacial score (nSPS) is 11.6. The zero-order valence-corrected chi connectivity index (χ0v) is 12.4. The van der Waals surface area contributed by atoms with Gasteiger partial charge in [-0.25, -0.2) is 12.8 Å². The Kier molecular flexibility index (Phi) is 4.22. The first-order chi connectivity index (χ1) is 9.31. The van der Waals surface area contributed by atoms with E-state index in [9.17, 15) is 12.8 Å². The Bertz CT molecular complexity index is 763. The number of anilines is 1. The molecule has 0 heterocycles. The van der Waals surface area contributed by atoms with Gasteiger partial charge in [0.05, 0.1) is 20.7 Å². The maximum atomic E-state index is 13.8. The van der Waals surface area contributed by atoms with Crippen molar-refractivity contribution in [3.63, 3.8) is 0 Å². The number of sulfone groups is 1. The Balaban J connectivity index is 2.46. The minimum absolute atomic E-state index is 0.0176. The minimum Gasteiger partial charge on any atom is -0.399 e. The summed E-state index contributed by atoms with van der Waals surface area (Å²) in [4.78, 5) is -0.126. The standard InChI is InChI=1S/C13H10Cl2FNO2S/c14-10-5-4-9(17)6-12(10)20(18,19)7-8-2-1-3-11(15)13(8)16/h1-6H,7,17H2. The highest BCUT2D eigenvalue weighted by molar-refractivity contribution is 7.90. The second kappa shape index (κ2) is 5.60. The quantitative estimate of drug-likeness (QED) is 0.871. The van der Waals surface area contributed by atoms with E-state index in [2.05, 4.69) is 0 Å². The van der Waals surface area contributed by atoms with E-state index < -0.39 is 21.4 Å². The Hall–Kier alpha value is -1.30. The predicted molar refractivity (Wildman–Crippen MR) is 78.2 cm³/mol. The zero-order chi connectivity index (χ0) is 14.9. The van der Waals surface area contributed by atoms with Crippen LogP contribution in [-0.4, -0.2) is 8.42 Å². The van der Waals surface area contributed by atoms with Gasteiger partial charge < -0.3 is 5.73 Å². The summed E-state index contributed by atoms with van der Waals surface area (Å²) in [6.07, 6.45) is 0. The first kappa shape index (κ1) is 15.1. The zero-order valence-electron chi connectivity index (χ0n) is 10.1. The van der Waals surface area contributed by atoms with E-state index in [4.69, 9.17) is 28.9 Å². The maximum absolute atomic E-state index is 13.8. The van der Waals surface area contributed by atoms with Crippen molar-refractivity contribution >= 4 is 38.7 Å². The summed E-state index contributed by atoms with van der Waals surface area (Å²) >= 11 is 11.5. The van der Waals surface area contributed by atoms with Crippen LogP contribution < -0.4 is 5.73 Å². The molecule has 2 rings (SSSR count). The van der Waals surface area contributed by atoms with Crippen molar-refractivity contribution in [1.29, 1.82) is 0 Å². The predicted octanol–water partition coefficient (Wildman–Crippen LogP) is 3.69. The molecule has 0 spiro atoms. The van der Waals surface area contributed by atoms with Gasteiger partial charge in [-0.2, -0.15) is 0 Å². The van der Waals surface area contributed by atoms with Gasteiger partial charge in [0, 0.05) is 11.3 Å². The van der Waals surface area contributed by atoms with Gasteiger partial charge in [0.15, 0.2) is 9.84 Å². The van der Waals surface area contributed by atoms with E-state index >= 15 is 0 Å². The Morgan fingerprint density at radius 3 is 2.50 bits per heavy atom. The summed E-state index contributed by atoms with van der Waals surface area (Å²) in [6.45, 7) is 0. The molecule has 3 nitrogen and oxygen atoms in total. The molecule has 2 aromatic carbocycles. The molecule has 0 saturated carbocycles. The van der Waals surface area contributed by atoms with Crippen LogP contribution in [0.25, 0.3) is 0 Å². The molecule has 0 aliphatic heterocycles. The number of hydrogen-bond acceptors (Lipinski definition) is 3. The molecule has 7 heteroatoms. The van der Waals surface area contributed by atoms with Crippen LogP contribution in [-0.2, 0) is 15.6 Å². The molecule has 0 aliphatic rings. The molecule has 2 N–H and O–H groups in total. The Morgan fingerprint density at radius 2 is 1.80 bits per heavy atom. The summed E-state index contributed by atoms with van der Waals surface area (Å²) in [5.41, 5.74) is 5.80. The molecule has 0 atom stereocenters. The van der Waals surface area contributed by atoms with Gasteiger partial charge in [-0.3, -0.25) is 0 Å². The molecule has 0 radical (unpaired) electrons. The van der Waals surface area contributed by atoms with Crippen molar-refractivity contribution in [3.8, 4) is 0 Å². The fourth-order valence-corrected chi connectivity index (χ4v) is 3.83. The number of nitrogen functional groups attached to an aromatic ring is 1. The lowest BCUT2D eigenvalue weighted by atomic mass is 10.2. The highest BCUT2D eigenvalue weighted by Crippen LogP contribution is 2.28. The third-order valence-electron chi connectivity index (χ3n) is 2.67. The number of halogens is 3. The molecule has 0 saturated heterocycles. The fraction of sp³-hybridized carbons (Fsp3) is 0.0769. The smallest absolute Gasteiger partial charge is 0.184 e. The lowest BCUT2D eigenvalue weighted by Gasteiger charge is -2.09. The van der Waals surface area contributed by atoms with Gasteiger partial charge in [0.2, 0.25) is 0 Å². The Morgan fingerprint density at radius 1 is 1.10 bits per heavy atom. The maximum Gasteiger partial charge on any atom is 0.184 e. The van der Waals surface area contributed by atoms with Crippen LogP contribution in [0.2, 0.25) is 10.0 Å². The van der Waals surface area contributed by atoms with Crippen LogP contribution >= 0.6 is 23.2 Å². The van der Waals surface area contributed by atoms with Crippen LogP contribution in [0.15, 0.2) is 41.3 Å². The highest BCUT2D eigenvalue weighted by atomic mass is 35.5. The lowest BCUT2D eigenvalue weighted by molar-refractivity contribution is 0.587. The first-order valence-electron chi connectivity index (χ1n) is 5.52. The van der Waals surface area contributed by atoms with E-state index in [0.717, 1.165) is 0 Å². The molecule has 0 aromatic heterocycles. The lowest BCUT2D eigenvalue weighted by Crippen LogP contribution is -2.08. The number of rotatable bonds is 3. The van der Waals surface area contributed by atoms with Gasteiger partial charge in [-0.15, -0.1) is 0 Å². The van der Waals surface area contributed by atoms with E-state index in [0.29, 0.717) is 0 Å². The van der Waals surface area contributed by atoms with Crippen LogP contribution in [0.1, 0.15) is 5.56 Å². The summed E-state index contributed by atoms with van der Waals surface area (Å²) in [5.74, 6) is -1.29. The molecule has 2 aromatic rings. The minimum atomic E-state index is -3.82.